The number of carboxylic acid groups (broad SMARTS) is 1. The van der Waals surface area contributed by atoms with Crippen LogP contribution in [0.15, 0.2) is 12.4 Å². The van der Waals surface area contributed by atoms with Gasteiger partial charge < -0.3 is 9.67 Å². The van der Waals surface area contributed by atoms with Crippen molar-refractivity contribution in [2.24, 2.45) is 7.05 Å². The molecule has 0 saturated carbocycles. The van der Waals surface area contributed by atoms with Gasteiger partial charge in [0.1, 0.15) is 5.82 Å². The van der Waals surface area contributed by atoms with Gasteiger partial charge in [-0.05, 0) is 0 Å². The first-order chi connectivity index (χ1) is 6.37. The van der Waals surface area contributed by atoms with Gasteiger partial charge in [-0.3, -0.25) is 0 Å². The predicted octanol–water partition coefficient (Wildman–Crippen LogP) is 1.15. The number of hydrogen-bond donors (Lipinski definition) is 1. The molecule has 0 spiro atoms. The molecule has 14 heavy (non-hydrogen) atoms. The van der Waals surface area contributed by atoms with E-state index < -0.39 is 23.9 Å². The third-order valence-electron chi connectivity index (χ3n) is 1.69. The van der Waals surface area contributed by atoms with E-state index in [0.29, 0.717) is 0 Å². The molecular formula is C7H7F3N2O2. The first-order valence-corrected chi connectivity index (χ1v) is 3.60. The average Bonchev–Trinajstić information content (AvgIpc) is 2.49. The van der Waals surface area contributed by atoms with Gasteiger partial charge in [-0.1, -0.05) is 0 Å². The zero-order valence-corrected chi connectivity index (χ0v) is 7.12. The summed E-state index contributed by atoms with van der Waals surface area (Å²) in [5.41, 5.74) is 0. The highest BCUT2D eigenvalue weighted by Crippen LogP contribution is 2.33. The molecule has 7 heteroatoms. The van der Waals surface area contributed by atoms with Crippen molar-refractivity contribution in [1.82, 2.24) is 9.55 Å². The zero-order chi connectivity index (χ0) is 10.9. The molecule has 0 amide bonds. The Balaban J connectivity index is 3.02. The molecule has 1 rings (SSSR count). The number of carboxylic acids is 1. The summed E-state index contributed by atoms with van der Waals surface area (Å²) < 4.78 is 39.4. The lowest BCUT2D eigenvalue weighted by molar-refractivity contribution is -0.176. The molecule has 0 fully saturated rings. The van der Waals surface area contributed by atoms with E-state index in [4.69, 9.17) is 5.11 Å². The highest BCUT2D eigenvalue weighted by molar-refractivity contribution is 5.76. The molecule has 1 aromatic heterocycles. The number of carbonyl (C=O) groups is 1. The number of nitrogens with zero attached hydrogens (tertiary/aromatic N) is 2. The molecule has 0 bridgehead atoms. The normalized spacial score (nSPS) is 14.0. The summed E-state index contributed by atoms with van der Waals surface area (Å²) in [6.45, 7) is 0. The monoisotopic (exact) mass is 208 g/mol. The molecule has 1 unspecified atom stereocenters. The van der Waals surface area contributed by atoms with Crippen molar-refractivity contribution in [3.05, 3.63) is 18.2 Å². The number of rotatable bonds is 3. The number of halogens is 3. The van der Waals surface area contributed by atoms with Gasteiger partial charge >= 0.3 is 11.9 Å². The van der Waals surface area contributed by atoms with Gasteiger partial charge in [-0.25, -0.2) is 14.2 Å². The third kappa shape index (κ3) is 1.57. The molecule has 0 aromatic carbocycles. The molecule has 0 aliphatic heterocycles. The average molecular weight is 208 g/mol. The molecule has 78 valence electrons. The quantitative estimate of drug-likeness (QED) is 0.810. The van der Waals surface area contributed by atoms with E-state index in [2.05, 4.69) is 4.98 Å². The molecule has 1 heterocycles. The number of alkyl halides is 3. The second kappa shape index (κ2) is 3.32. The van der Waals surface area contributed by atoms with E-state index in [1.54, 1.807) is 0 Å². The van der Waals surface area contributed by atoms with Gasteiger partial charge in [0.25, 0.3) is 0 Å². The van der Waals surface area contributed by atoms with E-state index in [0.717, 1.165) is 10.8 Å². The second-order valence-corrected chi connectivity index (χ2v) is 2.69. The molecule has 0 radical (unpaired) electrons. The van der Waals surface area contributed by atoms with Crippen LogP contribution in [0, 0.1) is 0 Å². The summed E-state index contributed by atoms with van der Waals surface area (Å²) in [5, 5.41) is 8.07. The highest BCUT2D eigenvalue weighted by atomic mass is 19.3. The molecule has 0 aliphatic carbocycles. The summed E-state index contributed by atoms with van der Waals surface area (Å²) in [7, 11) is 1.30. The van der Waals surface area contributed by atoms with Crippen molar-refractivity contribution in [1.29, 1.82) is 0 Å². The maximum atomic E-state index is 13.0. The lowest BCUT2D eigenvalue weighted by Crippen LogP contribution is -2.34. The Morgan fingerprint density at radius 2 is 2.29 bits per heavy atom. The number of hydrogen-bond acceptors (Lipinski definition) is 2. The summed E-state index contributed by atoms with van der Waals surface area (Å²) >= 11 is 0. The largest absolute Gasteiger partial charge is 0.477 e. The van der Waals surface area contributed by atoms with Crippen LogP contribution >= 0.6 is 0 Å². The van der Waals surface area contributed by atoms with Crippen LogP contribution in [0.1, 0.15) is 12.0 Å². The van der Waals surface area contributed by atoms with Crippen LogP contribution in [0.2, 0.25) is 0 Å². The van der Waals surface area contributed by atoms with Crippen molar-refractivity contribution >= 4 is 5.97 Å². The molecular weight excluding hydrogens is 201 g/mol. The van der Waals surface area contributed by atoms with Crippen LogP contribution in [0.4, 0.5) is 13.2 Å². The van der Waals surface area contributed by atoms with Crippen molar-refractivity contribution in [2.75, 3.05) is 0 Å². The van der Waals surface area contributed by atoms with E-state index in [-0.39, 0.29) is 0 Å². The minimum atomic E-state index is -4.46. The van der Waals surface area contributed by atoms with Crippen LogP contribution in [0.25, 0.3) is 0 Å². The Hall–Kier alpha value is -1.53. The fourth-order valence-electron chi connectivity index (χ4n) is 0.892. The smallest absolute Gasteiger partial charge is 0.380 e. The van der Waals surface area contributed by atoms with Gasteiger partial charge in [0.15, 0.2) is 0 Å². The fraction of sp³-hybridized carbons (Fsp3) is 0.429. The van der Waals surface area contributed by atoms with Gasteiger partial charge in [-0.2, -0.15) is 8.78 Å². The minimum absolute atomic E-state index is 0.614. The molecule has 1 aromatic rings. The SMILES string of the molecule is Cn1ccnc1C(F)C(F)(F)C(=O)O. The topological polar surface area (TPSA) is 55.1 Å². The third-order valence-corrected chi connectivity index (χ3v) is 1.69. The lowest BCUT2D eigenvalue weighted by atomic mass is 10.2. The maximum Gasteiger partial charge on any atom is 0.380 e. The Labute approximate surface area is 77.0 Å². The van der Waals surface area contributed by atoms with Crippen molar-refractivity contribution in [3.63, 3.8) is 0 Å². The Morgan fingerprint density at radius 1 is 1.71 bits per heavy atom. The van der Waals surface area contributed by atoms with Gasteiger partial charge in [0.05, 0.1) is 0 Å². The number of aliphatic carboxylic acids is 1. The van der Waals surface area contributed by atoms with Gasteiger partial charge in [-0.15, -0.1) is 0 Å². The standard InChI is InChI=1S/C7H7F3N2O2/c1-12-3-2-11-5(12)4(8)7(9,10)6(13)14/h2-4H,1H3,(H,13,14). The molecule has 0 saturated heterocycles. The van der Waals surface area contributed by atoms with E-state index in [1.807, 2.05) is 0 Å². The number of imidazole rings is 1. The van der Waals surface area contributed by atoms with Crippen molar-refractivity contribution in [2.45, 2.75) is 12.1 Å². The molecule has 4 nitrogen and oxygen atoms in total. The van der Waals surface area contributed by atoms with Crippen LogP contribution < -0.4 is 0 Å². The van der Waals surface area contributed by atoms with Crippen molar-refractivity contribution in [3.8, 4) is 0 Å². The Bertz CT molecular complexity index is 350. The van der Waals surface area contributed by atoms with E-state index in [9.17, 15) is 18.0 Å². The second-order valence-electron chi connectivity index (χ2n) is 2.69. The number of aromatic nitrogens is 2. The van der Waals surface area contributed by atoms with Crippen LogP contribution in [0.3, 0.4) is 0 Å². The van der Waals surface area contributed by atoms with Gasteiger partial charge in [0.2, 0.25) is 6.17 Å². The zero-order valence-electron chi connectivity index (χ0n) is 7.12. The maximum absolute atomic E-state index is 13.0. The summed E-state index contributed by atoms with van der Waals surface area (Å²) in [6.07, 6.45) is -0.584. The molecule has 0 aliphatic rings. The molecule has 1 atom stereocenters. The lowest BCUT2D eigenvalue weighted by Gasteiger charge is -2.15. The Morgan fingerprint density at radius 3 is 2.64 bits per heavy atom. The van der Waals surface area contributed by atoms with Crippen LogP contribution in [0.5, 0.6) is 0 Å². The van der Waals surface area contributed by atoms with E-state index in [1.165, 1.54) is 13.2 Å². The van der Waals surface area contributed by atoms with Crippen LogP contribution in [-0.4, -0.2) is 26.5 Å². The summed E-state index contributed by atoms with van der Waals surface area (Å²) in [6, 6.07) is 0. The summed E-state index contributed by atoms with van der Waals surface area (Å²) in [5.74, 6) is -7.58. The first kappa shape index (κ1) is 10.6. The Kier molecular flexibility index (Phi) is 2.50. The highest BCUT2D eigenvalue weighted by Gasteiger charge is 2.51. The molecule has 1 N–H and O–H groups in total. The van der Waals surface area contributed by atoms with E-state index >= 15 is 0 Å². The predicted molar refractivity (Wildman–Crippen MR) is 39.6 cm³/mol. The van der Waals surface area contributed by atoms with Gasteiger partial charge in [0, 0.05) is 19.4 Å². The minimum Gasteiger partial charge on any atom is -0.477 e. The van der Waals surface area contributed by atoms with Crippen molar-refractivity contribution < 1.29 is 23.1 Å². The number of aryl methyl sites for hydroxylation is 1. The fourth-order valence-corrected chi connectivity index (χ4v) is 0.892. The first-order valence-electron chi connectivity index (χ1n) is 3.60. The van der Waals surface area contributed by atoms with Crippen LogP contribution in [-0.2, 0) is 11.8 Å². The summed E-state index contributed by atoms with van der Waals surface area (Å²) in [4.78, 5) is 13.4.